The van der Waals surface area contributed by atoms with E-state index in [1.807, 2.05) is 0 Å². The smallest absolute Gasteiger partial charge is 0.395 e. The molecule has 0 atom stereocenters. The molecule has 1 rings (SSSR count). The van der Waals surface area contributed by atoms with Gasteiger partial charge in [0.2, 0.25) is 5.82 Å². The molecule has 0 spiro atoms. The normalized spacial score (nSPS) is 11.5. The number of nitrogens with two attached hydrogens (primary N) is 1. The summed E-state index contributed by atoms with van der Waals surface area (Å²) in [7, 11) is 0. The number of hydrogen-bond donors (Lipinski definition) is 1. The number of anilines is 1. The maximum absolute atomic E-state index is 13.0. The van der Waals surface area contributed by atoms with Gasteiger partial charge in [0.25, 0.3) is 5.88 Å². The summed E-state index contributed by atoms with van der Waals surface area (Å²) in [6, 6.07) is 0. The topological polar surface area (TPSA) is 48.1 Å². The summed E-state index contributed by atoms with van der Waals surface area (Å²) in [6.07, 6.45) is -4.08. The van der Waals surface area contributed by atoms with Crippen LogP contribution < -0.4 is 10.5 Å². The SMILES string of the molecule is Nc1c(Br)cnc(OC(F)(F)F)c1F. The second kappa shape index (κ2) is 3.60. The van der Waals surface area contributed by atoms with Crippen LogP contribution in [0.1, 0.15) is 0 Å². The lowest BCUT2D eigenvalue weighted by atomic mass is 10.4. The number of halogens is 5. The summed E-state index contributed by atoms with van der Waals surface area (Å²) in [4.78, 5) is 3.08. The maximum atomic E-state index is 13.0. The van der Waals surface area contributed by atoms with Crippen molar-refractivity contribution < 1.29 is 22.3 Å². The molecule has 0 bridgehead atoms. The number of ether oxygens (including phenoxy) is 1. The van der Waals surface area contributed by atoms with Gasteiger partial charge < -0.3 is 10.5 Å². The highest BCUT2D eigenvalue weighted by atomic mass is 79.9. The van der Waals surface area contributed by atoms with Gasteiger partial charge in [-0.3, -0.25) is 0 Å². The Morgan fingerprint density at radius 2 is 2.00 bits per heavy atom. The van der Waals surface area contributed by atoms with Crippen LogP contribution in [0.25, 0.3) is 0 Å². The molecule has 3 nitrogen and oxygen atoms in total. The molecule has 0 saturated carbocycles. The number of nitrogens with zero attached hydrogens (tertiary/aromatic N) is 1. The van der Waals surface area contributed by atoms with Gasteiger partial charge in [0.1, 0.15) is 0 Å². The van der Waals surface area contributed by atoms with Gasteiger partial charge in [-0.1, -0.05) is 0 Å². The molecule has 1 aromatic heterocycles. The molecule has 0 aliphatic heterocycles. The summed E-state index contributed by atoms with van der Waals surface area (Å²) in [5, 5.41) is 0. The molecule has 0 radical (unpaired) electrons. The minimum Gasteiger partial charge on any atom is -0.395 e. The molecule has 1 aromatic rings. The predicted molar refractivity (Wildman–Crippen MR) is 43.0 cm³/mol. The third-order valence-corrected chi connectivity index (χ3v) is 1.82. The van der Waals surface area contributed by atoms with Crippen LogP contribution in [0.2, 0.25) is 0 Å². The zero-order valence-corrected chi connectivity index (χ0v) is 7.99. The Bertz CT molecular complexity index is 354. The Morgan fingerprint density at radius 3 is 2.50 bits per heavy atom. The highest BCUT2D eigenvalue weighted by Crippen LogP contribution is 2.30. The lowest BCUT2D eigenvalue weighted by Crippen LogP contribution is -2.19. The van der Waals surface area contributed by atoms with Gasteiger partial charge in [-0.15, -0.1) is 13.2 Å². The largest absolute Gasteiger partial charge is 0.574 e. The molecule has 2 N–H and O–H groups in total. The molecule has 0 aliphatic rings. The van der Waals surface area contributed by atoms with E-state index in [0.717, 1.165) is 6.20 Å². The molecule has 1 heterocycles. The van der Waals surface area contributed by atoms with Crippen molar-refractivity contribution in [2.24, 2.45) is 0 Å². The van der Waals surface area contributed by atoms with Crippen LogP contribution in [0.5, 0.6) is 5.88 Å². The van der Waals surface area contributed by atoms with E-state index < -0.39 is 23.7 Å². The van der Waals surface area contributed by atoms with Crippen molar-refractivity contribution in [3.8, 4) is 5.88 Å². The number of rotatable bonds is 1. The van der Waals surface area contributed by atoms with E-state index in [9.17, 15) is 17.6 Å². The molecule has 0 aliphatic carbocycles. The lowest BCUT2D eigenvalue weighted by Gasteiger charge is -2.09. The summed E-state index contributed by atoms with van der Waals surface area (Å²) in [5.41, 5.74) is 4.61. The van der Waals surface area contributed by atoms with Gasteiger partial charge in [0.05, 0.1) is 10.2 Å². The zero-order valence-electron chi connectivity index (χ0n) is 6.40. The van der Waals surface area contributed by atoms with Crippen molar-refractivity contribution in [1.29, 1.82) is 0 Å². The second-order valence-corrected chi connectivity index (χ2v) is 3.04. The summed E-state index contributed by atoms with van der Waals surface area (Å²) >= 11 is 2.80. The summed E-state index contributed by atoms with van der Waals surface area (Å²) < 4.78 is 51.3. The molecule has 78 valence electrons. The summed E-state index contributed by atoms with van der Waals surface area (Å²) in [6.45, 7) is 0. The van der Waals surface area contributed by atoms with Crippen molar-refractivity contribution in [2.45, 2.75) is 6.36 Å². The first-order valence-electron chi connectivity index (χ1n) is 3.16. The van der Waals surface area contributed by atoms with E-state index in [4.69, 9.17) is 5.73 Å². The van der Waals surface area contributed by atoms with Crippen molar-refractivity contribution in [3.05, 3.63) is 16.5 Å². The van der Waals surface area contributed by atoms with E-state index in [-0.39, 0.29) is 4.47 Å². The molecule has 0 unspecified atom stereocenters. The Labute approximate surface area is 84.0 Å². The Balaban J connectivity index is 3.06. The molecule has 0 fully saturated rings. The standard InChI is InChI=1S/C6H3BrF4N2O/c7-2-1-13-5(3(8)4(2)12)14-6(9,10)11/h1H,(H2,12,13). The van der Waals surface area contributed by atoms with E-state index in [2.05, 4.69) is 25.7 Å². The second-order valence-electron chi connectivity index (χ2n) is 2.19. The molecular weight excluding hydrogens is 272 g/mol. The predicted octanol–water partition coefficient (Wildman–Crippen LogP) is 2.46. The van der Waals surface area contributed by atoms with Gasteiger partial charge in [-0.05, 0) is 15.9 Å². The van der Waals surface area contributed by atoms with Crippen LogP contribution in [0.3, 0.4) is 0 Å². The fourth-order valence-corrected chi connectivity index (χ4v) is 0.919. The maximum Gasteiger partial charge on any atom is 0.574 e. The fraction of sp³-hybridized carbons (Fsp3) is 0.167. The van der Waals surface area contributed by atoms with Crippen molar-refractivity contribution in [1.82, 2.24) is 4.98 Å². The first kappa shape index (κ1) is 11.0. The van der Waals surface area contributed by atoms with Gasteiger partial charge in [-0.25, -0.2) is 4.98 Å². The van der Waals surface area contributed by atoms with Crippen molar-refractivity contribution in [2.75, 3.05) is 5.73 Å². The summed E-state index contributed by atoms with van der Waals surface area (Å²) in [5.74, 6) is -2.55. The van der Waals surface area contributed by atoms with Crippen LogP contribution in [-0.4, -0.2) is 11.3 Å². The first-order chi connectivity index (χ1) is 6.31. The van der Waals surface area contributed by atoms with Gasteiger partial charge in [0, 0.05) is 6.20 Å². The molecule has 0 aromatic carbocycles. The number of nitrogen functional groups attached to an aromatic ring is 1. The highest BCUT2D eigenvalue weighted by Gasteiger charge is 2.33. The minimum atomic E-state index is -4.99. The van der Waals surface area contributed by atoms with Crippen LogP contribution >= 0.6 is 15.9 Å². The first-order valence-corrected chi connectivity index (χ1v) is 3.96. The quantitative estimate of drug-likeness (QED) is 0.801. The van der Waals surface area contributed by atoms with Crippen molar-refractivity contribution >= 4 is 21.6 Å². The van der Waals surface area contributed by atoms with Crippen LogP contribution in [-0.2, 0) is 0 Å². The Hall–Kier alpha value is -1.05. The average molecular weight is 275 g/mol. The molecule has 0 amide bonds. The van der Waals surface area contributed by atoms with Crippen LogP contribution in [0.15, 0.2) is 10.7 Å². The monoisotopic (exact) mass is 274 g/mol. The minimum absolute atomic E-state index is 0.0597. The highest BCUT2D eigenvalue weighted by molar-refractivity contribution is 9.10. The lowest BCUT2D eigenvalue weighted by molar-refractivity contribution is -0.277. The van der Waals surface area contributed by atoms with Crippen molar-refractivity contribution in [3.63, 3.8) is 0 Å². The van der Waals surface area contributed by atoms with E-state index in [1.165, 1.54) is 0 Å². The molecule has 8 heteroatoms. The van der Waals surface area contributed by atoms with E-state index in [1.54, 1.807) is 0 Å². The van der Waals surface area contributed by atoms with Gasteiger partial charge >= 0.3 is 6.36 Å². The van der Waals surface area contributed by atoms with E-state index >= 15 is 0 Å². The van der Waals surface area contributed by atoms with Crippen LogP contribution in [0.4, 0.5) is 23.2 Å². The third kappa shape index (κ3) is 2.47. The van der Waals surface area contributed by atoms with Gasteiger partial charge in [-0.2, -0.15) is 4.39 Å². The molecule has 14 heavy (non-hydrogen) atoms. The number of alkyl halides is 3. The third-order valence-electron chi connectivity index (χ3n) is 1.19. The fourth-order valence-electron chi connectivity index (χ4n) is 0.642. The Kier molecular flexibility index (Phi) is 2.84. The van der Waals surface area contributed by atoms with Gasteiger partial charge in [0.15, 0.2) is 0 Å². The number of hydrogen-bond acceptors (Lipinski definition) is 3. The zero-order chi connectivity index (χ0) is 10.9. The Morgan fingerprint density at radius 1 is 1.43 bits per heavy atom. The van der Waals surface area contributed by atoms with E-state index in [0.29, 0.717) is 0 Å². The van der Waals surface area contributed by atoms with Crippen LogP contribution in [0, 0.1) is 5.82 Å². The molecular formula is C6H3BrF4N2O. The molecule has 0 saturated heterocycles. The number of pyridine rings is 1. The number of aromatic nitrogens is 1. The average Bonchev–Trinajstić information content (AvgIpc) is 2.04.